The Morgan fingerprint density at radius 2 is 1.73 bits per heavy atom. The van der Waals surface area contributed by atoms with E-state index in [-0.39, 0.29) is 6.04 Å². The third-order valence-corrected chi connectivity index (χ3v) is 6.03. The highest BCUT2D eigenvalue weighted by atomic mass is 16.2. The number of hydrogen-bond acceptors (Lipinski definition) is 4. The summed E-state index contributed by atoms with van der Waals surface area (Å²) >= 11 is 0. The molecule has 0 bridgehead atoms. The SMILES string of the molecule is Cc1cccc(NC(=O)C(=O)NC[C@@H](c2ccc(N(C)C)cc2)N2CCc3ccccc32)c1. The van der Waals surface area contributed by atoms with Crippen LogP contribution < -0.4 is 20.4 Å². The van der Waals surface area contributed by atoms with Crippen LogP contribution in [0.3, 0.4) is 0 Å². The Balaban J connectivity index is 1.51. The topological polar surface area (TPSA) is 64.7 Å². The summed E-state index contributed by atoms with van der Waals surface area (Å²) < 4.78 is 0. The summed E-state index contributed by atoms with van der Waals surface area (Å²) in [7, 11) is 4.02. The zero-order chi connectivity index (χ0) is 23.4. The van der Waals surface area contributed by atoms with E-state index in [9.17, 15) is 9.59 Å². The Labute approximate surface area is 195 Å². The lowest BCUT2D eigenvalue weighted by Gasteiger charge is -2.31. The van der Waals surface area contributed by atoms with Crippen molar-refractivity contribution in [2.75, 3.05) is 42.3 Å². The Bertz CT molecular complexity index is 1140. The molecule has 0 unspecified atom stereocenters. The summed E-state index contributed by atoms with van der Waals surface area (Å²) in [5, 5.41) is 5.54. The lowest BCUT2D eigenvalue weighted by atomic mass is 10.0. The van der Waals surface area contributed by atoms with Crippen molar-refractivity contribution in [1.29, 1.82) is 0 Å². The van der Waals surface area contributed by atoms with Crippen molar-refractivity contribution in [1.82, 2.24) is 5.32 Å². The average molecular weight is 443 g/mol. The van der Waals surface area contributed by atoms with Crippen molar-refractivity contribution in [3.8, 4) is 0 Å². The quantitative estimate of drug-likeness (QED) is 0.568. The Morgan fingerprint density at radius 3 is 2.45 bits per heavy atom. The van der Waals surface area contributed by atoms with Gasteiger partial charge >= 0.3 is 11.8 Å². The number of rotatable bonds is 6. The molecule has 0 aliphatic carbocycles. The zero-order valence-corrected chi connectivity index (χ0v) is 19.3. The van der Waals surface area contributed by atoms with Crippen LogP contribution in [0.25, 0.3) is 0 Å². The van der Waals surface area contributed by atoms with E-state index in [0.29, 0.717) is 12.2 Å². The minimum Gasteiger partial charge on any atom is -0.378 e. The van der Waals surface area contributed by atoms with E-state index in [1.54, 1.807) is 6.07 Å². The van der Waals surface area contributed by atoms with Gasteiger partial charge < -0.3 is 20.4 Å². The molecule has 33 heavy (non-hydrogen) atoms. The first-order valence-corrected chi connectivity index (χ1v) is 11.2. The fourth-order valence-electron chi connectivity index (χ4n) is 4.27. The predicted molar refractivity (Wildman–Crippen MR) is 134 cm³/mol. The molecule has 4 rings (SSSR count). The molecule has 3 aromatic carbocycles. The van der Waals surface area contributed by atoms with Crippen molar-refractivity contribution >= 4 is 28.9 Å². The number of carbonyl (C=O) groups is 2. The number of benzene rings is 3. The lowest BCUT2D eigenvalue weighted by Crippen LogP contribution is -2.41. The van der Waals surface area contributed by atoms with E-state index in [1.165, 1.54) is 11.3 Å². The number of fused-ring (bicyclic) bond motifs is 1. The van der Waals surface area contributed by atoms with Gasteiger partial charge in [0.15, 0.2) is 0 Å². The maximum Gasteiger partial charge on any atom is 0.313 e. The normalized spacial score (nSPS) is 13.2. The van der Waals surface area contributed by atoms with E-state index >= 15 is 0 Å². The molecule has 0 aromatic heterocycles. The van der Waals surface area contributed by atoms with E-state index in [2.05, 4.69) is 62.9 Å². The van der Waals surface area contributed by atoms with Crippen LogP contribution in [-0.4, -0.2) is 39.0 Å². The third kappa shape index (κ3) is 5.17. The summed E-state index contributed by atoms with van der Waals surface area (Å²) in [6, 6.07) is 24.0. The van der Waals surface area contributed by atoms with E-state index in [4.69, 9.17) is 0 Å². The van der Waals surface area contributed by atoms with Crippen LogP contribution >= 0.6 is 0 Å². The molecule has 0 saturated heterocycles. The number of aryl methyl sites for hydroxylation is 1. The monoisotopic (exact) mass is 442 g/mol. The van der Waals surface area contributed by atoms with Gasteiger partial charge in [-0.25, -0.2) is 0 Å². The average Bonchev–Trinajstić information content (AvgIpc) is 3.23. The maximum atomic E-state index is 12.6. The number of amides is 2. The van der Waals surface area contributed by atoms with Gasteiger partial charge in [-0.2, -0.15) is 0 Å². The summed E-state index contributed by atoms with van der Waals surface area (Å²) in [5.41, 5.74) is 6.31. The largest absolute Gasteiger partial charge is 0.378 e. The van der Waals surface area contributed by atoms with Crippen LogP contribution in [0.1, 0.15) is 22.7 Å². The van der Waals surface area contributed by atoms with Crippen LogP contribution in [-0.2, 0) is 16.0 Å². The van der Waals surface area contributed by atoms with Crippen LogP contribution in [0.2, 0.25) is 0 Å². The van der Waals surface area contributed by atoms with Gasteiger partial charge in [0, 0.05) is 44.2 Å². The number of para-hydroxylation sites is 1. The van der Waals surface area contributed by atoms with Crippen molar-refractivity contribution in [3.05, 3.63) is 89.5 Å². The van der Waals surface area contributed by atoms with Gasteiger partial charge in [-0.1, -0.05) is 42.5 Å². The molecule has 0 radical (unpaired) electrons. The highest BCUT2D eigenvalue weighted by Crippen LogP contribution is 2.35. The van der Waals surface area contributed by atoms with Gasteiger partial charge in [-0.15, -0.1) is 0 Å². The second kappa shape index (κ2) is 9.77. The molecule has 6 heteroatoms. The molecule has 170 valence electrons. The van der Waals surface area contributed by atoms with E-state index in [1.807, 2.05) is 45.3 Å². The van der Waals surface area contributed by atoms with Crippen LogP contribution in [0.5, 0.6) is 0 Å². The summed E-state index contributed by atoms with van der Waals surface area (Å²) in [6.45, 7) is 3.14. The molecule has 0 fully saturated rings. The Morgan fingerprint density at radius 1 is 0.970 bits per heavy atom. The van der Waals surface area contributed by atoms with Crippen LogP contribution in [0.4, 0.5) is 17.1 Å². The van der Waals surface area contributed by atoms with Crippen LogP contribution in [0, 0.1) is 6.92 Å². The number of anilines is 3. The molecule has 1 heterocycles. The molecular weight excluding hydrogens is 412 g/mol. The Kier molecular flexibility index (Phi) is 6.63. The van der Waals surface area contributed by atoms with E-state index < -0.39 is 11.8 Å². The first-order chi connectivity index (χ1) is 15.9. The number of hydrogen-bond donors (Lipinski definition) is 2. The van der Waals surface area contributed by atoms with Gasteiger partial charge in [-0.05, 0) is 60.4 Å². The van der Waals surface area contributed by atoms with Crippen molar-refractivity contribution in [2.24, 2.45) is 0 Å². The lowest BCUT2D eigenvalue weighted by molar-refractivity contribution is -0.136. The molecule has 2 amide bonds. The van der Waals surface area contributed by atoms with Crippen LogP contribution in [0.15, 0.2) is 72.8 Å². The minimum absolute atomic E-state index is 0.0828. The van der Waals surface area contributed by atoms with E-state index in [0.717, 1.165) is 29.8 Å². The molecular formula is C27H30N4O2. The minimum atomic E-state index is -0.663. The molecule has 2 N–H and O–H groups in total. The fourth-order valence-corrected chi connectivity index (χ4v) is 4.27. The molecule has 0 saturated carbocycles. The second-order valence-corrected chi connectivity index (χ2v) is 8.61. The summed E-state index contributed by atoms with van der Waals surface area (Å²) in [5.74, 6) is -1.30. The standard InChI is InChI=1S/C27H30N4O2/c1-19-7-6-9-22(17-19)29-27(33)26(32)28-18-25(21-11-13-23(14-12-21)30(2)3)31-16-15-20-8-4-5-10-24(20)31/h4-14,17,25H,15-16,18H2,1-3H3,(H,28,32)(H,29,33)/t25-/m0/s1. The predicted octanol–water partition coefficient (Wildman–Crippen LogP) is 3.92. The first-order valence-electron chi connectivity index (χ1n) is 11.2. The highest BCUT2D eigenvalue weighted by molar-refractivity contribution is 6.39. The van der Waals surface area contributed by atoms with Gasteiger partial charge in [-0.3, -0.25) is 9.59 Å². The highest BCUT2D eigenvalue weighted by Gasteiger charge is 2.28. The molecule has 6 nitrogen and oxygen atoms in total. The molecule has 1 atom stereocenters. The summed E-state index contributed by atoms with van der Waals surface area (Å²) in [4.78, 5) is 29.5. The van der Waals surface area contributed by atoms with Gasteiger partial charge in [0.2, 0.25) is 0 Å². The van der Waals surface area contributed by atoms with Crippen molar-refractivity contribution < 1.29 is 9.59 Å². The van der Waals surface area contributed by atoms with Crippen molar-refractivity contribution in [3.63, 3.8) is 0 Å². The molecule has 0 spiro atoms. The summed E-state index contributed by atoms with van der Waals surface area (Å²) in [6.07, 6.45) is 0.963. The number of nitrogens with zero attached hydrogens (tertiary/aromatic N) is 2. The van der Waals surface area contributed by atoms with Gasteiger partial charge in [0.25, 0.3) is 0 Å². The zero-order valence-electron chi connectivity index (χ0n) is 19.3. The van der Waals surface area contributed by atoms with Crippen molar-refractivity contribution in [2.45, 2.75) is 19.4 Å². The first kappa shape index (κ1) is 22.4. The van der Waals surface area contributed by atoms with Gasteiger partial charge in [0.1, 0.15) is 0 Å². The smallest absolute Gasteiger partial charge is 0.313 e. The number of carbonyl (C=O) groups excluding carboxylic acids is 2. The molecule has 1 aliphatic heterocycles. The van der Waals surface area contributed by atoms with Gasteiger partial charge in [0.05, 0.1) is 6.04 Å². The molecule has 1 aliphatic rings. The fraction of sp³-hybridized carbons (Fsp3) is 0.259. The number of nitrogens with one attached hydrogen (secondary N) is 2. The third-order valence-electron chi connectivity index (χ3n) is 6.03. The Hall–Kier alpha value is -3.80. The molecule has 3 aromatic rings. The second-order valence-electron chi connectivity index (χ2n) is 8.61. The maximum absolute atomic E-state index is 12.6.